The summed E-state index contributed by atoms with van der Waals surface area (Å²) >= 11 is 0. The van der Waals surface area contributed by atoms with Gasteiger partial charge in [0.25, 0.3) is 0 Å². The van der Waals surface area contributed by atoms with Gasteiger partial charge in [-0.3, -0.25) is 0 Å². The van der Waals surface area contributed by atoms with Gasteiger partial charge in [0.2, 0.25) is 0 Å². The maximum absolute atomic E-state index is 14.9. The summed E-state index contributed by atoms with van der Waals surface area (Å²) in [6, 6.07) is 0. The number of hydrogen-bond donors (Lipinski definition) is 0. The highest BCUT2D eigenvalue weighted by molar-refractivity contribution is 5.46. The van der Waals surface area contributed by atoms with Crippen molar-refractivity contribution in [1.82, 2.24) is 0 Å². The molecule has 36 heavy (non-hydrogen) atoms. The van der Waals surface area contributed by atoms with Crippen molar-refractivity contribution in [3.05, 3.63) is 119 Å². The van der Waals surface area contributed by atoms with E-state index >= 15 is 0 Å². The van der Waals surface area contributed by atoms with E-state index in [1.54, 1.807) is 49.5 Å². The number of rotatable bonds is 8. The minimum absolute atomic E-state index is 0.0859. The second-order valence-electron chi connectivity index (χ2n) is 9.64. The Kier molecular flexibility index (Phi) is 8.30. The summed E-state index contributed by atoms with van der Waals surface area (Å²) in [6.45, 7) is 7.84. The van der Waals surface area contributed by atoms with Gasteiger partial charge in [0, 0.05) is 23.3 Å². The largest absolute Gasteiger partial charge is 0.372 e. The zero-order valence-corrected chi connectivity index (χ0v) is 20.7. The van der Waals surface area contributed by atoms with Gasteiger partial charge < -0.3 is 4.74 Å². The third-order valence-corrected chi connectivity index (χ3v) is 7.34. The van der Waals surface area contributed by atoms with E-state index in [1.807, 2.05) is 31.2 Å². The minimum Gasteiger partial charge on any atom is -0.372 e. The normalized spacial score (nSPS) is 30.1. The lowest BCUT2D eigenvalue weighted by Gasteiger charge is -2.27. The lowest BCUT2D eigenvalue weighted by molar-refractivity contribution is 0.309. The summed E-state index contributed by atoms with van der Waals surface area (Å²) in [5.74, 6) is -4.54. The van der Waals surface area contributed by atoms with Crippen LogP contribution in [0.25, 0.3) is 0 Å². The quantitative estimate of drug-likeness (QED) is 0.186. The van der Waals surface area contributed by atoms with Crippen molar-refractivity contribution in [3.8, 4) is 0 Å². The molecule has 1 nitrogen and oxygen atoms in total. The maximum atomic E-state index is 14.9. The molecule has 5 heteroatoms. The van der Waals surface area contributed by atoms with Crippen LogP contribution in [0.4, 0.5) is 17.6 Å². The molecule has 1 saturated heterocycles. The molecule has 1 heterocycles. The van der Waals surface area contributed by atoms with Gasteiger partial charge in [-0.25, -0.2) is 17.6 Å². The average Bonchev–Trinajstić information content (AvgIpc) is 3.73. The van der Waals surface area contributed by atoms with Gasteiger partial charge in [0.1, 0.15) is 11.7 Å². The monoisotopic (exact) mass is 496 g/mol. The second kappa shape index (κ2) is 11.4. The summed E-state index contributed by atoms with van der Waals surface area (Å²) in [5, 5.41) is 0. The van der Waals surface area contributed by atoms with Gasteiger partial charge in [-0.05, 0) is 48.8 Å². The summed E-state index contributed by atoms with van der Waals surface area (Å²) in [5.41, 5.74) is 2.28. The van der Waals surface area contributed by atoms with E-state index in [0.29, 0.717) is 31.4 Å². The number of ether oxygens (including phenoxy) is 1. The molecule has 5 atom stereocenters. The molecule has 0 spiro atoms. The van der Waals surface area contributed by atoms with Gasteiger partial charge in [-0.15, -0.1) is 0 Å². The van der Waals surface area contributed by atoms with Crippen LogP contribution in [-0.2, 0) is 4.74 Å². The first-order valence-electron chi connectivity index (χ1n) is 12.5. The van der Waals surface area contributed by atoms with Crippen LogP contribution in [0.1, 0.15) is 33.1 Å². The third kappa shape index (κ3) is 5.73. The number of allylic oxidation sites excluding steroid dienone is 18. The summed E-state index contributed by atoms with van der Waals surface area (Å²) < 4.78 is 64.0. The van der Waals surface area contributed by atoms with Crippen molar-refractivity contribution < 1.29 is 22.3 Å². The van der Waals surface area contributed by atoms with Crippen molar-refractivity contribution in [2.24, 2.45) is 23.7 Å². The maximum Gasteiger partial charge on any atom is 0.161 e. The molecule has 0 aromatic rings. The fraction of sp³-hybridized carbons (Fsp3) is 0.355. The first kappa shape index (κ1) is 26.2. The van der Waals surface area contributed by atoms with Gasteiger partial charge in [0.05, 0.1) is 12.7 Å². The molecule has 0 radical (unpaired) electrons. The van der Waals surface area contributed by atoms with Crippen molar-refractivity contribution in [3.63, 3.8) is 0 Å². The Morgan fingerprint density at radius 3 is 2.36 bits per heavy atom. The Bertz CT molecular complexity index is 1170. The van der Waals surface area contributed by atoms with E-state index in [2.05, 4.69) is 6.58 Å². The van der Waals surface area contributed by atoms with Crippen LogP contribution >= 0.6 is 0 Å². The summed E-state index contributed by atoms with van der Waals surface area (Å²) in [6.07, 6.45) is 21.0. The molecule has 0 aromatic carbocycles. The summed E-state index contributed by atoms with van der Waals surface area (Å²) in [4.78, 5) is 0. The van der Waals surface area contributed by atoms with Crippen LogP contribution in [0.3, 0.4) is 0 Å². The van der Waals surface area contributed by atoms with E-state index in [0.717, 1.165) is 11.1 Å². The highest BCUT2D eigenvalue weighted by Gasteiger charge is 2.39. The molecule has 4 rings (SSSR count). The highest BCUT2D eigenvalue weighted by Crippen LogP contribution is 2.42. The predicted molar refractivity (Wildman–Crippen MR) is 137 cm³/mol. The molecule has 3 aliphatic carbocycles. The summed E-state index contributed by atoms with van der Waals surface area (Å²) in [7, 11) is 0. The van der Waals surface area contributed by atoms with Crippen molar-refractivity contribution in [2.75, 3.05) is 6.61 Å². The molecule has 1 aliphatic heterocycles. The van der Waals surface area contributed by atoms with Crippen LogP contribution in [0.2, 0.25) is 0 Å². The van der Waals surface area contributed by atoms with Crippen LogP contribution in [0.15, 0.2) is 119 Å². The molecule has 1 fully saturated rings. The average molecular weight is 497 g/mol. The van der Waals surface area contributed by atoms with Gasteiger partial charge in [0.15, 0.2) is 11.7 Å². The highest BCUT2D eigenvalue weighted by atomic mass is 19.2. The number of hydrogen-bond acceptors (Lipinski definition) is 1. The molecule has 4 aliphatic rings. The first-order valence-corrected chi connectivity index (χ1v) is 12.5. The standard InChI is InChI=1S/C31H32F4O/c1-4-20(7-6-19(3)24-16-17-26(27-18-36-27)31(35)29(24)33)10-13-23-14-15-25(30(34)28(23)32)22-11-8-21(5-2)9-12-22/h4-11,13-14,16,19,22,25-27H,2,12,15,17-18H2,1,3H3/b7-6-,13-10+,20-4+. The number of epoxide rings is 1. The van der Waals surface area contributed by atoms with E-state index < -0.39 is 35.1 Å². The molecule has 0 amide bonds. The predicted octanol–water partition coefficient (Wildman–Crippen LogP) is 8.96. The molecular weight excluding hydrogens is 464 g/mol. The fourth-order valence-electron chi connectivity index (χ4n) is 4.88. The molecule has 5 unspecified atom stereocenters. The van der Waals surface area contributed by atoms with Crippen LogP contribution in [0.5, 0.6) is 0 Å². The minimum atomic E-state index is -0.827. The Balaban J connectivity index is 1.39. The Hall–Kier alpha value is -2.92. The lowest BCUT2D eigenvalue weighted by Crippen LogP contribution is -2.18. The lowest BCUT2D eigenvalue weighted by atomic mass is 9.79. The molecule has 190 valence electrons. The SMILES string of the molecule is C=CC1=CCC(C2CC=C(/C=C/C(/C=C\C(C)C3=CCC(C4CO4)C(F)=C3F)=C/C)C(F)=C2F)C=C1. The van der Waals surface area contributed by atoms with Crippen molar-refractivity contribution >= 4 is 0 Å². The van der Waals surface area contributed by atoms with Gasteiger partial charge >= 0.3 is 0 Å². The fourth-order valence-corrected chi connectivity index (χ4v) is 4.88. The second-order valence-corrected chi connectivity index (χ2v) is 9.64. The third-order valence-electron chi connectivity index (χ3n) is 7.34. The molecule has 0 bridgehead atoms. The number of halogens is 4. The zero-order chi connectivity index (χ0) is 25.8. The topological polar surface area (TPSA) is 12.5 Å². The van der Waals surface area contributed by atoms with E-state index in [-0.39, 0.29) is 23.5 Å². The van der Waals surface area contributed by atoms with E-state index in [4.69, 9.17) is 4.74 Å². The van der Waals surface area contributed by atoms with E-state index in [9.17, 15) is 17.6 Å². The van der Waals surface area contributed by atoms with Crippen molar-refractivity contribution in [2.45, 2.75) is 39.2 Å². The van der Waals surface area contributed by atoms with Crippen LogP contribution < -0.4 is 0 Å². The van der Waals surface area contributed by atoms with Crippen LogP contribution in [0, 0.1) is 23.7 Å². The van der Waals surface area contributed by atoms with Crippen LogP contribution in [-0.4, -0.2) is 12.7 Å². The molecular formula is C31H32F4O. The Morgan fingerprint density at radius 1 is 1.00 bits per heavy atom. The van der Waals surface area contributed by atoms with E-state index in [1.165, 1.54) is 0 Å². The first-order chi connectivity index (χ1) is 17.3. The Morgan fingerprint density at radius 2 is 1.72 bits per heavy atom. The molecule has 0 N–H and O–H groups in total. The zero-order valence-electron chi connectivity index (χ0n) is 20.7. The smallest absolute Gasteiger partial charge is 0.161 e. The van der Waals surface area contributed by atoms with Gasteiger partial charge in [-0.1, -0.05) is 80.3 Å². The molecule has 0 saturated carbocycles. The van der Waals surface area contributed by atoms with Crippen molar-refractivity contribution in [1.29, 1.82) is 0 Å². The Labute approximate surface area is 211 Å². The molecule has 0 aromatic heterocycles. The van der Waals surface area contributed by atoms with Gasteiger partial charge in [-0.2, -0.15) is 0 Å².